The number of aryl methyl sites for hydroxylation is 1. The molecule has 5 rings (SSSR count). The number of hydrogen-bond acceptors (Lipinski definition) is 7. The fourth-order valence-corrected chi connectivity index (χ4v) is 5.02. The van der Waals surface area contributed by atoms with Gasteiger partial charge in [0.1, 0.15) is 5.60 Å². The maximum absolute atomic E-state index is 13.9. The quantitative estimate of drug-likeness (QED) is 0.281. The van der Waals surface area contributed by atoms with E-state index in [9.17, 15) is 14.7 Å². The summed E-state index contributed by atoms with van der Waals surface area (Å²) in [6.45, 7) is 3.70. The first-order chi connectivity index (χ1) is 17.8. The van der Waals surface area contributed by atoms with Gasteiger partial charge in [-0.3, -0.25) is 9.48 Å². The second-order valence-electron chi connectivity index (χ2n) is 10.2. The van der Waals surface area contributed by atoms with Crippen LogP contribution in [0.4, 0.5) is 4.79 Å². The topological polar surface area (TPSA) is 151 Å². The summed E-state index contributed by atoms with van der Waals surface area (Å²) in [7, 11) is 0. The molecule has 0 aliphatic heterocycles. The third kappa shape index (κ3) is 5.03. The minimum atomic E-state index is -0.959. The van der Waals surface area contributed by atoms with E-state index in [2.05, 4.69) is 20.2 Å². The van der Waals surface area contributed by atoms with Crippen LogP contribution in [0.1, 0.15) is 54.7 Å². The van der Waals surface area contributed by atoms with Gasteiger partial charge in [-0.05, 0) is 69.2 Å². The Morgan fingerprint density at radius 1 is 1.30 bits per heavy atom. The summed E-state index contributed by atoms with van der Waals surface area (Å²) >= 11 is 0. The molecule has 0 saturated heterocycles. The van der Waals surface area contributed by atoms with Crippen molar-refractivity contribution in [3.63, 3.8) is 0 Å². The average molecular weight is 507 g/mol. The lowest BCUT2D eigenvalue weighted by Crippen LogP contribution is -2.44. The number of carbonyl (C=O) groups excluding carboxylic acids is 2. The van der Waals surface area contributed by atoms with Gasteiger partial charge in [-0.2, -0.15) is 14.9 Å². The average Bonchev–Trinajstić information content (AvgIpc) is 3.47. The second-order valence-corrected chi connectivity index (χ2v) is 10.2. The lowest BCUT2D eigenvalue weighted by Gasteiger charge is -2.34. The number of ether oxygens (including phenoxy) is 1. The number of fused-ring (bicyclic) bond motifs is 2. The van der Waals surface area contributed by atoms with Crippen molar-refractivity contribution in [3.8, 4) is 0 Å². The molecular formula is C25H30N8O4. The summed E-state index contributed by atoms with van der Waals surface area (Å²) in [5, 5.41) is 22.4. The van der Waals surface area contributed by atoms with E-state index >= 15 is 0 Å². The van der Waals surface area contributed by atoms with Crippen molar-refractivity contribution in [2.75, 3.05) is 13.2 Å². The molecule has 12 heteroatoms. The molecule has 1 aromatic carbocycles. The molecule has 2 aliphatic rings. The van der Waals surface area contributed by atoms with Gasteiger partial charge in [-0.25, -0.2) is 4.79 Å². The van der Waals surface area contributed by atoms with Crippen molar-refractivity contribution < 1.29 is 19.4 Å². The van der Waals surface area contributed by atoms with Crippen LogP contribution in [-0.4, -0.2) is 72.4 Å². The van der Waals surface area contributed by atoms with Gasteiger partial charge in [-0.1, -0.05) is 11.2 Å². The minimum Gasteiger partial charge on any atom is -0.442 e. The lowest BCUT2D eigenvalue weighted by molar-refractivity contribution is 0.0441. The number of carbonyl (C=O) groups is 2. The molecule has 1 N–H and O–H groups in total. The zero-order chi connectivity index (χ0) is 26.2. The van der Waals surface area contributed by atoms with Crippen LogP contribution < -0.4 is 0 Å². The van der Waals surface area contributed by atoms with E-state index in [1.165, 1.54) is 4.68 Å². The monoisotopic (exact) mass is 506 g/mol. The first kappa shape index (κ1) is 24.8. The highest BCUT2D eigenvalue weighted by Crippen LogP contribution is 2.35. The number of amides is 1. The third-order valence-electron chi connectivity index (χ3n) is 6.91. The molecule has 1 atom stereocenters. The van der Waals surface area contributed by atoms with E-state index in [1.54, 1.807) is 30.9 Å². The number of aliphatic hydroxyl groups excluding tert-OH is 1. The number of rotatable bonds is 8. The summed E-state index contributed by atoms with van der Waals surface area (Å²) in [5.41, 5.74) is 10.8. The van der Waals surface area contributed by atoms with Crippen molar-refractivity contribution in [1.82, 2.24) is 24.5 Å². The molecule has 0 spiro atoms. The van der Waals surface area contributed by atoms with Gasteiger partial charge >= 0.3 is 6.09 Å². The van der Waals surface area contributed by atoms with Gasteiger partial charge in [-0.15, -0.1) is 0 Å². The number of hydrogen-bond donors (Lipinski definition) is 1. The Balaban J connectivity index is 1.36. The highest BCUT2D eigenvalue weighted by atomic mass is 16.6. The van der Waals surface area contributed by atoms with E-state index in [-0.39, 0.29) is 31.1 Å². The number of azide groups is 1. The Labute approximate surface area is 213 Å². The van der Waals surface area contributed by atoms with Crippen molar-refractivity contribution in [2.45, 2.75) is 70.2 Å². The van der Waals surface area contributed by atoms with E-state index in [0.717, 1.165) is 41.4 Å². The first-order valence-corrected chi connectivity index (χ1v) is 12.5. The van der Waals surface area contributed by atoms with Crippen LogP contribution in [0.5, 0.6) is 0 Å². The molecule has 1 amide bonds. The van der Waals surface area contributed by atoms with Crippen LogP contribution in [-0.2, 0) is 24.1 Å². The van der Waals surface area contributed by atoms with Crippen molar-refractivity contribution >= 4 is 22.9 Å². The predicted molar refractivity (Wildman–Crippen MR) is 134 cm³/mol. The van der Waals surface area contributed by atoms with Crippen LogP contribution in [0.2, 0.25) is 0 Å². The van der Waals surface area contributed by atoms with Crippen LogP contribution in [0.25, 0.3) is 21.3 Å². The summed E-state index contributed by atoms with van der Waals surface area (Å²) in [5.74, 6) is -0.0169. The number of nitrogens with zero attached hydrogens (tertiary/aromatic N) is 8. The molecular weight excluding hydrogens is 476 g/mol. The van der Waals surface area contributed by atoms with Crippen molar-refractivity contribution in [3.05, 3.63) is 57.9 Å². The summed E-state index contributed by atoms with van der Waals surface area (Å²) < 4.78 is 8.40. The molecule has 194 valence electrons. The molecule has 3 aromatic rings. The van der Waals surface area contributed by atoms with E-state index in [0.29, 0.717) is 24.9 Å². The van der Waals surface area contributed by atoms with E-state index in [1.807, 2.05) is 23.1 Å². The van der Waals surface area contributed by atoms with E-state index < -0.39 is 11.7 Å². The Kier molecular flexibility index (Phi) is 6.61. The molecule has 2 aliphatic carbocycles. The van der Waals surface area contributed by atoms with Crippen molar-refractivity contribution in [1.29, 1.82) is 0 Å². The molecule has 12 nitrogen and oxygen atoms in total. The number of benzene rings is 1. The van der Waals surface area contributed by atoms with Crippen LogP contribution in [0, 0.1) is 0 Å². The maximum atomic E-state index is 13.9. The molecule has 0 bridgehead atoms. The smallest absolute Gasteiger partial charge is 0.435 e. The highest BCUT2D eigenvalue weighted by Gasteiger charge is 2.40. The fourth-order valence-electron chi connectivity index (χ4n) is 5.02. The summed E-state index contributed by atoms with van der Waals surface area (Å²) in [4.78, 5) is 31.3. The van der Waals surface area contributed by atoms with Gasteiger partial charge in [0.25, 0.3) is 5.91 Å². The predicted octanol–water partition coefficient (Wildman–Crippen LogP) is 3.46. The SMILES string of the molecule is CC(C)(CN=[N+]=[N-])OC(=O)n1cc2c(n1)CCC(N(C(=O)c1cccc3c1cnn3CCO)C1CC1)C2. The number of aromatic nitrogens is 4. The van der Waals surface area contributed by atoms with Gasteiger partial charge < -0.3 is 14.7 Å². The largest absolute Gasteiger partial charge is 0.442 e. The third-order valence-corrected chi connectivity index (χ3v) is 6.91. The number of aliphatic hydroxyl groups is 1. The maximum Gasteiger partial charge on any atom is 0.435 e. The normalized spacial score (nSPS) is 17.2. The standard InChI is InChI=1S/C25H30N8O4/c1-25(2,15-27-30-26)37-24(36)32-14-16-12-18(8-9-21(16)29-32)33(17-6-7-17)23(35)19-4-3-5-22-20(19)13-28-31(22)10-11-34/h3-5,13-14,17-18,34H,6-12,15H2,1-2H3. The minimum absolute atomic E-state index is 0.00896. The Bertz CT molecular complexity index is 1380. The molecule has 1 fully saturated rings. The molecule has 2 aromatic heterocycles. The molecule has 0 radical (unpaired) electrons. The van der Waals surface area contributed by atoms with Gasteiger partial charge in [0.05, 0.1) is 42.7 Å². The zero-order valence-electron chi connectivity index (χ0n) is 20.9. The van der Waals surface area contributed by atoms with Gasteiger partial charge in [0, 0.05) is 28.6 Å². The first-order valence-electron chi connectivity index (χ1n) is 12.5. The van der Waals surface area contributed by atoms with Gasteiger partial charge in [0.2, 0.25) is 0 Å². The second kappa shape index (κ2) is 9.87. The molecule has 37 heavy (non-hydrogen) atoms. The fraction of sp³-hybridized carbons (Fsp3) is 0.520. The summed E-state index contributed by atoms with van der Waals surface area (Å²) in [6.07, 6.45) is 6.70. The zero-order valence-corrected chi connectivity index (χ0v) is 20.9. The highest BCUT2D eigenvalue weighted by molar-refractivity contribution is 6.06. The molecule has 2 heterocycles. The Morgan fingerprint density at radius 3 is 2.84 bits per heavy atom. The van der Waals surface area contributed by atoms with Gasteiger partial charge in [0.15, 0.2) is 0 Å². The van der Waals surface area contributed by atoms with Crippen LogP contribution >= 0.6 is 0 Å². The Hall–Kier alpha value is -3.89. The summed E-state index contributed by atoms with van der Waals surface area (Å²) in [6, 6.07) is 5.79. The lowest BCUT2D eigenvalue weighted by atomic mass is 9.91. The molecule has 1 unspecified atom stereocenters. The van der Waals surface area contributed by atoms with Crippen LogP contribution in [0.15, 0.2) is 35.7 Å². The Morgan fingerprint density at radius 2 is 2.11 bits per heavy atom. The van der Waals surface area contributed by atoms with Crippen LogP contribution in [0.3, 0.4) is 0 Å². The molecule has 1 saturated carbocycles. The van der Waals surface area contributed by atoms with E-state index in [4.69, 9.17) is 10.3 Å². The van der Waals surface area contributed by atoms with Crippen molar-refractivity contribution in [2.24, 2.45) is 5.11 Å².